The number of hydrogen-bond acceptors (Lipinski definition) is 4. The Balaban J connectivity index is 1.55. The zero-order valence-corrected chi connectivity index (χ0v) is 15.3. The average molecular weight is 364 g/mol. The smallest absolute Gasteiger partial charge is 0.232 e. The Morgan fingerprint density at radius 1 is 1.32 bits per heavy atom. The molecule has 1 fully saturated rings. The van der Waals surface area contributed by atoms with Gasteiger partial charge in [-0.1, -0.05) is 17.7 Å². The van der Waals surface area contributed by atoms with Crippen LogP contribution in [0.25, 0.3) is 0 Å². The molecule has 1 unspecified atom stereocenters. The van der Waals surface area contributed by atoms with E-state index < -0.39 is 0 Å². The summed E-state index contributed by atoms with van der Waals surface area (Å²) in [6.07, 6.45) is 3.82. The zero-order valence-electron chi connectivity index (χ0n) is 14.5. The van der Waals surface area contributed by atoms with Crippen LogP contribution >= 0.6 is 11.6 Å². The predicted molar refractivity (Wildman–Crippen MR) is 99.0 cm³/mol. The van der Waals surface area contributed by atoms with Crippen molar-refractivity contribution in [3.05, 3.63) is 52.9 Å². The van der Waals surface area contributed by atoms with Crippen LogP contribution in [0, 0.1) is 5.82 Å². The van der Waals surface area contributed by atoms with Crippen LogP contribution in [-0.4, -0.2) is 31.2 Å². The van der Waals surface area contributed by atoms with Crippen LogP contribution in [-0.2, 0) is 0 Å². The van der Waals surface area contributed by atoms with Gasteiger partial charge in [-0.15, -0.1) is 0 Å². The van der Waals surface area contributed by atoms with Crippen LogP contribution in [0.2, 0.25) is 5.02 Å². The maximum absolute atomic E-state index is 13.4. The fourth-order valence-electron chi connectivity index (χ4n) is 3.25. The second-order valence-corrected chi connectivity index (χ2v) is 6.80. The molecule has 2 heterocycles. The van der Waals surface area contributed by atoms with Crippen LogP contribution in [0.5, 0.6) is 5.88 Å². The molecule has 1 aromatic heterocycles. The van der Waals surface area contributed by atoms with Crippen molar-refractivity contribution in [1.82, 2.24) is 10.3 Å². The van der Waals surface area contributed by atoms with Gasteiger partial charge in [0.25, 0.3) is 0 Å². The number of rotatable bonds is 5. The van der Waals surface area contributed by atoms with E-state index in [-0.39, 0.29) is 11.9 Å². The number of ether oxygens (including phenoxy) is 1. The molecule has 1 aliphatic heterocycles. The summed E-state index contributed by atoms with van der Waals surface area (Å²) in [6, 6.07) is 9.27. The molecule has 0 aliphatic carbocycles. The normalized spacial score (nSPS) is 16.7. The third-order valence-electron chi connectivity index (χ3n) is 4.68. The van der Waals surface area contributed by atoms with Gasteiger partial charge in [-0.2, -0.15) is 0 Å². The lowest BCUT2D eigenvalue weighted by atomic mass is 10.0. The number of nitrogens with zero attached hydrogens (tertiary/aromatic N) is 2. The number of hydrogen-bond donors (Lipinski definition) is 1. The van der Waals surface area contributed by atoms with E-state index in [9.17, 15) is 4.39 Å². The standard InChI is InChI=1S/C19H23ClFN3O/c1-13(14-10-18(20)19(25-2)22-12-14)23-16-6-8-24(9-7-16)17-5-3-4-15(21)11-17/h3-5,10-13,16,23H,6-9H2,1-2H3. The van der Waals surface area contributed by atoms with Gasteiger partial charge in [0.15, 0.2) is 0 Å². The van der Waals surface area contributed by atoms with Crippen molar-refractivity contribution >= 4 is 17.3 Å². The van der Waals surface area contributed by atoms with Crippen LogP contribution in [0.15, 0.2) is 36.5 Å². The highest BCUT2D eigenvalue weighted by Gasteiger charge is 2.21. The predicted octanol–water partition coefficient (Wildman–Crippen LogP) is 4.20. The highest BCUT2D eigenvalue weighted by atomic mass is 35.5. The Labute approximate surface area is 153 Å². The summed E-state index contributed by atoms with van der Waals surface area (Å²) in [7, 11) is 1.56. The van der Waals surface area contributed by atoms with Crippen molar-refractivity contribution in [2.75, 3.05) is 25.1 Å². The van der Waals surface area contributed by atoms with Crippen molar-refractivity contribution in [3.63, 3.8) is 0 Å². The van der Waals surface area contributed by atoms with Crippen LogP contribution < -0.4 is 15.0 Å². The monoisotopic (exact) mass is 363 g/mol. The van der Waals surface area contributed by atoms with Crippen molar-refractivity contribution in [1.29, 1.82) is 0 Å². The van der Waals surface area contributed by atoms with Gasteiger partial charge in [0, 0.05) is 37.1 Å². The van der Waals surface area contributed by atoms with Gasteiger partial charge in [0.1, 0.15) is 10.8 Å². The van der Waals surface area contributed by atoms with Gasteiger partial charge >= 0.3 is 0 Å². The molecule has 1 N–H and O–H groups in total. The molecule has 3 rings (SSSR count). The fourth-order valence-corrected chi connectivity index (χ4v) is 3.51. The molecule has 25 heavy (non-hydrogen) atoms. The first-order chi connectivity index (χ1) is 12.1. The lowest BCUT2D eigenvalue weighted by molar-refractivity contribution is 0.378. The lowest BCUT2D eigenvalue weighted by Crippen LogP contribution is -2.43. The Kier molecular flexibility index (Phi) is 5.76. The minimum absolute atomic E-state index is 0.154. The first-order valence-corrected chi connectivity index (χ1v) is 8.90. The minimum atomic E-state index is -0.185. The quantitative estimate of drug-likeness (QED) is 0.863. The van der Waals surface area contributed by atoms with Gasteiger partial charge in [0.05, 0.1) is 7.11 Å². The van der Waals surface area contributed by atoms with Crippen molar-refractivity contribution in [2.45, 2.75) is 31.8 Å². The van der Waals surface area contributed by atoms with E-state index in [0.717, 1.165) is 37.2 Å². The van der Waals surface area contributed by atoms with Crippen molar-refractivity contribution in [2.24, 2.45) is 0 Å². The Morgan fingerprint density at radius 3 is 2.72 bits per heavy atom. The van der Waals surface area contributed by atoms with E-state index in [2.05, 4.69) is 22.1 Å². The number of aromatic nitrogens is 1. The zero-order chi connectivity index (χ0) is 17.8. The Hall–Kier alpha value is -1.85. The van der Waals surface area contributed by atoms with E-state index in [1.807, 2.05) is 12.1 Å². The highest BCUT2D eigenvalue weighted by Crippen LogP contribution is 2.26. The highest BCUT2D eigenvalue weighted by molar-refractivity contribution is 6.31. The summed E-state index contributed by atoms with van der Waals surface area (Å²) in [6.45, 7) is 3.93. The summed E-state index contributed by atoms with van der Waals surface area (Å²) >= 11 is 6.16. The Bertz CT molecular complexity index is 720. The number of nitrogens with one attached hydrogen (secondary N) is 1. The number of anilines is 1. The molecule has 1 atom stereocenters. The first kappa shape index (κ1) is 18.0. The fraction of sp³-hybridized carbons (Fsp3) is 0.421. The molecule has 1 saturated heterocycles. The molecule has 6 heteroatoms. The van der Waals surface area contributed by atoms with E-state index >= 15 is 0 Å². The summed E-state index contributed by atoms with van der Waals surface area (Å²) in [5.41, 5.74) is 2.00. The molecule has 134 valence electrons. The number of piperidine rings is 1. The van der Waals surface area contributed by atoms with Crippen LogP contribution in [0.3, 0.4) is 0 Å². The maximum atomic E-state index is 13.4. The van der Waals surface area contributed by atoms with E-state index in [1.165, 1.54) is 6.07 Å². The second-order valence-electron chi connectivity index (χ2n) is 6.39. The SMILES string of the molecule is COc1ncc(C(C)NC2CCN(c3cccc(F)c3)CC2)cc1Cl. The average Bonchev–Trinajstić information content (AvgIpc) is 2.62. The molecule has 1 aromatic carbocycles. The number of methoxy groups -OCH3 is 1. The molecule has 0 radical (unpaired) electrons. The number of pyridine rings is 1. The summed E-state index contributed by atoms with van der Waals surface area (Å²) in [4.78, 5) is 6.47. The molecule has 2 aromatic rings. The van der Waals surface area contributed by atoms with Gasteiger partial charge in [-0.3, -0.25) is 0 Å². The Morgan fingerprint density at radius 2 is 2.08 bits per heavy atom. The summed E-state index contributed by atoms with van der Waals surface area (Å²) < 4.78 is 18.5. The third kappa shape index (κ3) is 4.41. The van der Waals surface area contributed by atoms with E-state index in [0.29, 0.717) is 16.9 Å². The van der Waals surface area contributed by atoms with E-state index in [4.69, 9.17) is 16.3 Å². The molecule has 4 nitrogen and oxygen atoms in total. The van der Waals surface area contributed by atoms with E-state index in [1.54, 1.807) is 25.4 Å². The van der Waals surface area contributed by atoms with Crippen molar-refractivity contribution < 1.29 is 9.13 Å². The summed E-state index contributed by atoms with van der Waals surface area (Å²) in [5.74, 6) is 0.260. The largest absolute Gasteiger partial charge is 0.480 e. The first-order valence-electron chi connectivity index (χ1n) is 8.53. The maximum Gasteiger partial charge on any atom is 0.232 e. The summed E-state index contributed by atoms with van der Waals surface area (Å²) in [5, 5.41) is 4.17. The topological polar surface area (TPSA) is 37.4 Å². The molecule has 0 bridgehead atoms. The minimum Gasteiger partial charge on any atom is -0.480 e. The lowest BCUT2D eigenvalue weighted by Gasteiger charge is -2.35. The van der Waals surface area contributed by atoms with Crippen molar-refractivity contribution in [3.8, 4) is 5.88 Å². The molecule has 1 aliphatic rings. The van der Waals surface area contributed by atoms with Crippen LogP contribution in [0.4, 0.5) is 10.1 Å². The van der Waals surface area contributed by atoms with Gasteiger partial charge < -0.3 is 15.0 Å². The molecule has 0 spiro atoms. The third-order valence-corrected chi connectivity index (χ3v) is 4.95. The molecule has 0 saturated carbocycles. The molecular weight excluding hydrogens is 341 g/mol. The number of halogens is 2. The van der Waals surface area contributed by atoms with Gasteiger partial charge in [-0.25, -0.2) is 9.37 Å². The van der Waals surface area contributed by atoms with Gasteiger partial charge in [0.2, 0.25) is 5.88 Å². The van der Waals surface area contributed by atoms with Gasteiger partial charge in [-0.05, 0) is 49.6 Å². The molecular formula is C19H23ClFN3O. The number of benzene rings is 1. The van der Waals surface area contributed by atoms with Crippen LogP contribution in [0.1, 0.15) is 31.4 Å². The molecule has 0 amide bonds. The second kappa shape index (κ2) is 8.02.